The van der Waals surface area contributed by atoms with Crippen molar-refractivity contribution in [3.8, 4) is 0 Å². The van der Waals surface area contributed by atoms with Gasteiger partial charge in [-0.25, -0.2) is 15.0 Å². The van der Waals surface area contributed by atoms with Crippen LogP contribution in [0.5, 0.6) is 0 Å². The number of fused-ring (bicyclic) bond motifs is 1. The van der Waals surface area contributed by atoms with Crippen LogP contribution in [0.25, 0.3) is 11.2 Å². The molecule has 0 unspecified atom stereocenters. The van der Waals surface area contributed by atoms with E-state index in [2.05, 4.69) is 90.8 Å². The second-order valence-electron chi connectivity index (χ2n) is 9.94. The first-order chi connectivity index (χ1) is 17.3. The van der Waals surface area contributed by atoms with Gasteiger partial charge in [0.2, 0.25) is 0 Å². The van der Waals surface area contributed by atoms with E-state index >= 15 is 0 Å². The first-order valence-corrected chi connectivity index (χ1v) is 13.9. The van der Waals surface area contributed by atoms with Gasteiger partial charge in [0.05, 0.1) is 12.9 Å². The Morgan fingerprint density at radius 1 is 1.03 bits per heavy atom. The molecule has 184 valence electrons. The molecule has 36 heavy (non-hydrogen) atoms. The van der Waals surface area contributed by atoms with Crippen LogP contribution in [0.2, 0.25) is 5.04 Å². The summed E-state index contributed by atoms with van der Waals surface area (Å²) in [6.45, 7) is 11.2. The fourth-order valence-corrected chi connectivity index (χ4v) is 9.61. The van der Waals surface area contributed by atoms with Crippen molar-refractivity contribution in [2.75, 3.05) is 12.3 Å². The van der Waals surface area contributed by atoms with Crippen molar-refractivity contribution < 1.29 is 9.16 Å². The number of nitrogens with two attached hydrogens (primary N) is 1. The zero-order valence-corrected chi connectivity index (χ0v) is 21.8. The number of ether oxygens (including phenoxy) is 1. The lowest BCUT2D eigenvalue weighted by atomic mass is 10.1. The Labute approximate surface area is 212 Å². The third kappa shape index (κ3) is 4.07. The number of aromatic nitrogens is 4. The van der Waals surface area contributed by atoms with Crippen LogP contribution in [-0.2, 0) is 9.16 Å². The number of nitrogens with zero attached hydrogens (tertiary/aromatic N) is 4. The quantitative estimate of drug-likeness (QED) is 0.389. The molecule has 7 nitrogen and oxygen atoms in total. The molecule has 0 saturated heterocycles. The molecular weight excluding hydrogens is 466 g/mol. The summed E-state index contributed by atoms with van der Waals surface area (Å²) < 4.78 is 15.5. The predicted octanol–water partition coefficient (Wildman–Crippen LogP) is 3.99. The van der Waals surface area contributed by atoms with E-state index in [0.29, 0.717) is 23.6 Å². The van der Waals surface area contributed by atoms with E-state index < -0.39 is 14.5 Å². The lowest BCUT2D eigenvalue weighted by Gasteiger charge is -2.43. The van der Waals surface area contributed by atoms with Crippen LogP contribution in [0.4, 0.5) is 5.82 Å². The first kappa shape index (κ1) is 24.1. The highest BCUT2D eigenvalue weighted by Gasteiger charge is 2.50. The van der Waals surface area contributed by atoms with Gasteiger partial charge in [-0.05, 0) is 27.1 Å². The van der Waals surface area contributed by atoms with Crippen molar-refractivity contribution in [3.63, 3.8) is 0 Å². The van der Waals surface area contributed by atoms with Crippen molar-refractivity contribution in [2.24, 2.45) is 0 Å². The number of hydrogen-bond donors (Lipinski definition) is 1. The number of benzene rings is 2. The van der Waals surface area contributed by atoms with E-state index in [1.807, 2.05) is 28.9 Å². The van der Waals surface area contributed by atoms with Gasteiger partial charge >= 0.3 is 0 Å². The topological polar surface area (TPSA) is 88.1 Å². The average Bonchev–Trinajstić information content (AvgIpc) is 3.50. The van der Waals surface area contributed by atoms with E-state index in [4.69, 9.17) is 14.9 Å². The fourth-order valence-electron chi connectivity index (χ4n) is 5.06. The van der Waals surface area contributed by atoms with Crippen LogP contribution in [-0.4, -0.2) is 40.5 Å². The standard InChI is InChI=1S/C28H31N5O2Si/c1-5-20-16-24(33-19-32-25-26(29)30-18-31-27(25)33)35-23(20)17-34-36(28(2,3)4,21-12-8-6-9-13-21)22-14-10-7-11-15-22/h5-16,18-19,23-24H,1,17H2,2-4H3,(H2,29,30,31)/t23-,24-/m1/s1. The van der Waals surface area contributed by atoms with Gasteiger partial charge in [-0.1, -0.05) is 94.1 Å². The SMILES string of the molecule is C=CC1=C[C@H](n2cnc3c(N)ncnc32)O[C@@H]1CO[Si](c1ccccc1)(c1ccccc1)C(C)(C)C. The van der Waals surface area contributed by atoms with E-state index in [1.54, 1.807) is 6.33 Å². The molecular formula is C28H31N5O2Si. The second-order valence-corrected chi connectivity index (χ2v) is 14.2. The maximum Gasteiger partial charge on any atom is 0.261 e. The number of rotatable bonds is 7. The Kier molecular flexibility index (Phi) is 6.34. The van der Waals surface area contributed by atoms with Crippen LogP contribution in [0.1, 0.15) is 27.0 Å². The molecule has 0 bridgehead atoms. The molecule has 4 aromatic rings. The van der Waals surface area contributed by atoms with E-state index in [1.165, 1.54) is 16.7 Å². The van der Waals surface area contributed by atoms with Crippen molar-refractivity contribution in [1.82, 2.24) is 19.5 Å². The normalized spacial score (nSPS) is 18.4. The highest BCUT2D eigenvalue weighted by Crippen LogP contribution is 2.38. The van der Waals surface area contributed by atoms with Gasteiger partial charge < -0.3 is 14.9 Å². The number of hydrogen-bond acceptors (Lipinski definition) is 6. The maximum atomic E-state index is 7.11. The smallest absolute Gasteiger partial charge is 0.261 e. The molecule has 0 saturated carbocycles. The maximum absolute atomic E-state index is 7.11. The monoisotopic (exact) mass is 497 g/mol. The second kappa shape index (κ2) is 9.46. The Balaban J connectivity index is 1.49. The summed E-state index contributed by atoms with van der Waals surface area (Å²) in [5.41, 5.74) is 8.14. The van der Waals surface area contributed by atoms with Crippen molar-refractivity contribution >= 4 is 35.7 Å². The molecule has 0 spiro atoms. The molecule has 1 aliphatic rings. The molecule has 0 aliphatic carbocycles. The third-order valence-corrected chi connectivity index (χ3v) is 11.8. The van der Waals surface area contributed by atoms with Gasteiger partial charge in [0.15, 0.2) is 17.7 Å². The van der Waals surface area contributed by atoms with Gasteiger partial charge in [-0.15, -0.1) is 0 Å². The molecule has 0 fully saturated rings. The van der Waals surface area contributed by atoms with Crippen molar-refractivity contribution in [2.45, 2.75) is 38.1 Å². The molecule has 0 amide bonds. The third-order valence-electron chi connectivity index (χ3n) is 6.78. The molecule has 3 heterocycles. The zero-order chi connectivity index (χ0) is 25.3. The summed E-state index contributed by atoms with van der Waals surface area (Å²) in [5, 5.41) is 2.34. The van der Waals surface area contributed by atoms with E-state index in [9.17, 15) is 0 Å². The van der Waals surface area contributed by atoms with Crippen LogP contribution >= 0.6 is 0 Å². The summed E-state index contributed by atoms with van der Waals surface area (Å²) in [5.74, 6) is 0.344. The minimum atomic E-state index is -2.70. The summed E-state index contributed by atoms with van der Waals surface area (Å²) >= 11 is 0. The van der Waals surface area contributed by atoms with E-state index in [0.717, 1.165) is 5.57 Å². The molecule has 8 heteroatoms. The minimum absolute atomic E-state index is 0.124. The Bertz CT molecular complexity index is 1360. The number of imidazole rings is 1. The molecule has 5 rings (SSSR count). The highest BCUT2D eigenvalue weighted by atomic mass is 28.4. The van der Waals surface area contributed by atoms with Crippen LogP contribution in [0, 0.1) is 0 Å². The molecule has 2 aromatic heterocycles. The van der Waals surface area contributed by atoms with Crippen LogP contribution < -0.4 is 16.1 Å². The van der Waals surface area contributed by atoms with E-state index in [-0.39, 0.29) is 11.1 Å². The molecule has 2 aromatic carbocycles. The van der Waals surface area contributed by atoms with Crippen LogP contribution in [0.15, 0.2) is 97.6 Å². The Hall–Kier alpha value is -3.59. The largest absolute Gasteiger partial charge is 0.404 e. The lowest BCUT2D eigenvalue weighted by Crippen LogP contribution is -2.67. The summed E-state index contributed by atoms with van der Waals surface area (Å²) in [4.78, 5) is 12.8. The molecule has 2 atom stereocenters. The lowest BCUT2D eigenvalue weighted by molar-refractivity contribution is -0.00563. The summed E-state index contributed by atoms with van der Waals surface area (Å²) in [6.07, 6.45) is 6.30. The predicted molar refractivity (Wildman–Crippen MR) is 145 cm³/mol. The van der Waals surface area contributed by atoms with Crippen LogP contribution in [0.3, 0.4) is 0 Å². The van der Waals surface area contributed by atoms with Crippen molar-refractivity contribution in [3.05, 3.63) is 97.6 Å². The molecule has 1 aliphatic heterocycles. The molecule has 0 radical (unpaired) electrons. The number of nitrogen functional groups attached to an aromatic ring is 1. The van der Waals surface area contributed by atoms with Gasteiger partial charge in [0, 0.05) is 0 Å². The first-order valence-electron chi connectivity index (χ1n) is 12.0. The highest BCUT2D eigenvalue weighted by molar-refractivity contribution is 6.99. The van der Waals surface area contributed by atoms with Crippen molar-refractivity contribution in [1.29, 1.82) is 0 Å². The Morgan fingerprint density at radius 2 is 1.67 bits per heavy atom. The average molecular weight is 498 g/mol. The number of anilines is 1. The summed E-state index contributed by atoms with van der Waals surface area (Å²) in [7, 11) is -2.70. The Morgan fingerprint density at radius 3 is 2.25 bits per heavy atom. The van der Waals surface area contributed by atoms with Gasteiger partial charge in [-0.3, -0.25) is 4.57 Å². The summed E-state index contributed by atoms with van der Waals surface area (Å²) in [6, 6.07) is 21.2. The van der Waals surface area contributed by atoms with Gasteiger partial charge in [0.1, 0.15) is 17.9 Å². The van der Waals surface area contributed by atoms with Gasteiger partial charge in [-0.2, -0.15) is 0 Å². The molecule has 2 N–H and O–H groups in total. The fraction of sp³-hybridized carbons (Fsp3) is 0.250. The minimum Gasteiger partial charge on any atom is -0.404 e. The zero-order valence-electron chi connectivity index (χ0n) is 20.8. The van der Waals surface area contributed by atoms with Gasteiger partial charge in [0.25, 0.3) is 8.32 Å².